The van der Waals surface area contributed by atoms with Crippen LogP contribution in [0.3, 0.4) is 0 Å². The fraction of sp³-hybridized carbons (Fsp3) is 0.412. The molecule has 1 atom stereocenters. The van der Waals surface area contributed by atoms with Gasteiger partial charge in [-0.15, -0.1) is 0 Å². The lowest BCUT2D eigenvalue weighted by atomic mass is 10.2. The minimum absolute atomic E-state index is 0.197. The van der Waals surface area contributed by atoms with E-state index in [-0.39, 0.29) is 17.6 Å². The molecule has 0 aliphatic carbocycles. The average Bonchev–Trinajstić information content (AvgIpc) is 2.61. The number of aromatic nitrogens is 3. The summed E-state index contributed by atoms with van der Waals surface area (Å²) in [5.74, 6) is 1.76. The normalized spacial score (nSPS) is 16.4. The third kappa shape index (κ3) is 4.97. The number of nitrogens with two attached hydrogens (primary N) is 2. The van der Waals surface area contributed by atoms with Gasteiger partial charge in [-0.1, -0.05) is 0 Å². The van der Waals surface area contributed by atoms with Gasteiger partial charge < -0.3 is 21.1 Å². The van der Waals surface area contributed by atoms with E-state index in [1.165, 1.54) is 0 Å². The minimum atomic E-state index is 0.197. The van der Waals surface area contributed by atoms with Gasteiger partial charge in [0.2, 0.25) is 0 Å². The summed E-state index contributed by atoms with van der Waals surface area (Å²) >= 11 is 1.75. The van der Waals surface area contributed by atoms with Crippen LogP contribution in [0.15, 0.2) is 18.2 Å². The van der Waals surface area contributed by atoms with Crippen molar-refractivity contribution in [2.45, 2.75) is 13.0 Å². The standard InChI is InChI=1S/C15H17N7O.C2H6S/c1-9-8-23-3-2-22(9)14-6-13(18)20-15(21-14)10-4-11(7-16)19-12(17)5-10;1-3-2/h4-6,9H,2-3,8H2,1H3,(H2,17,19)(H2,18,20,21);1-2H3. The van der Waals surface area contributed by atoms with Crippen molar-refractivity contribution in [1.82, 2.24) is 15.0 Å². The van der Waals surface area contributed by atoms with Gasteiger partial charge in [-0.25, -0.2) is 15.0 Å². The third-order valence-corrected chi connectivity index (χ3v) is 3.61. The Morgan fingerprint density at radius 1 is 1.19 bits per heavy atom. The summed E-state index contributed by atoms with van der Waals surface area (Å²) in [5.41, 5.74) is 12.5. The Balaban J connectivity index is 0.000000758. The van der Waals surface area contributed by atoms with E-state index in [9.17, 15) is 0 Å². The molecule has 4 N–H and O–H groups in total. The smallest absolute Gasteiger partial charge is 0.164 e. The quantitative estimate of drug-likeness (QED) is 0.809. The SMILES string of the molecule is CC1COCCN1c1cc(N)nc(-c2cc(N)nc(C#N)c2)n1.CSC. The molecule has 0 aromatic carbocycles. The van der Waals surface area contributed by atoms with Crippen LogP contribution in [0.4, 0.5) is 17.5 Å². The highest BCUT2D eigenvalue weighted by Gasteiger charge is 2.21. The highest BCUT2D eigenvalue weighted by atomic mass is 32.2. The van der Waals surface area contributed by atoms with E-state index in [1.807, 2.05) is 18.6 Å². The molecule has 26 heavy (non-hydrogen) atoms. The Bertz CT molecular complexity index is 793. The molecule has 1 aliphatic rings. The highest BCUT2D eigenvalue weighted by molar-refractivity contribution is 7.97. The lowest BCUT2D eigenvalue weighted by molar-refractivity contribution is 0.0985. The van der Waals surface area contributed by atoms with E-state index in [4.69, 9.17) is 21.5 Å². The first kappa shape index (κ1) is 19.8. The molecule has 1 unspecified atom stereocenters. The van der Waals surface area contributed by atoms with Crippen LogP contribution in [-0.4, -0.2) is 53.3 Å². The lowest BCUT2D eigenvalue weighted by Gasteiger charge is -2.34. The number of anilines is 3. The predicted molar refractivity (Wildman–Crippen MR) is 106 cm³/mol. The first-order valence-electron chi connectivity index (χ1n) is 8.05. The largest absolute Gasteiger partial charge is 0.384 e. The Kier molecular flexibility index (Phi) is 7.00. The minimum Gasteiger partial charge on any atom is -0.384 e. The zero-order valence-electron chi connectivity index (χ0n) is 15.1. The average molecular weight is 373 g/mol. The first-order valence-corrected chi connectivity index (χ1v) is 9.69. The number of ether oxygens (including phenoxy) is 1. The second-order valence-corrected chi connectivity index (χ2v) is 6.59. The Hall–Kier alpha value is -2.57. The monoisotopic (exact) mass is 373 g/mol. The van der Waals surface area contributed by atoms with Crippen molar-refractivity contribution < 1.29 is 4.74 Å². The number of nitriles is 1. The fourth-order valence-electron chi connectivity index (χ4n) is 2.53. The maximum absolute atomic E-state index is 9.03. The summed E-state index contributed by atoms with van der Waals surface area (Å²) < 4.78 is 5.45. The van der Waals surface area contributed by atoms with Crippen molar-refractivity contribution in [3.8, 4) is 17.5 Å². The number of thioether (sulfide) groups is 1. The maximum Gasteiger partial charge on any atom is 0.164 e. The molecule has 1 saturated heterocycles. The van der Waals surface area contributed by atoms with Crippen molar-refractivity contribution in [1.29, 1.82) is 5.26 Å². The first-order chi connectivity index (χ1) is 12.5. The highest BCUT2D eigenvalue weighted by Crippen LogP contribution is 2.25. The molecule has 3 rings (SSSR count). The molecule has 3 heterocycles. The summed E-state index contributed by atoms with van der Waals surface area (Å²) in [5, 5.41) is 9.03. The molecule has 0 amide bonds. The Morgan fingerprint density at radius 3 is 2.54 bits per heavy atom. The van der Waals surface area contributed by atoms with Gasteiger partial charge in [-0.2, -0.15) is 17.0 Å². The number of nitrogens with zero attached hydrogens (tertiary/aromatic N) is 5. The second-order valence-electron chi connectivity index (χ2n) is 5.78. The van der Waals surface area contributed by atoms with Crippen LogP contribution in [0.1, 0.15) is 12.6 Å². The molecular weight excluding hydrogens is 350 g/mol. The molecule has 9 heteroatoms. The van der Waals surface area contributed by atoms with E-state index in [1.54, 1.807) is 30.0 Å². The summed E-state index contributed by atoms with van der Waals surface area (Å²) in [4.78, 5) is 14.9. The molecule has 0 spiro atoms. The van der Waals surface area contributed by atoms with Crippen LogP contribution in [0, 0.1) is 11.3 Å². The zero-order valence-corrected chi connectivity index (χ0v) is 16.0. The van der Waals surface area contributed by atoms with Crippen molar-refractivity contribution in [2.24, 2.45) is 0 Å². The van der Waals surface area contributed by atoms with E-state index in [2.05, 4.69) is 26.8 Å². The molecule has 1 aliphatic heterocycles. The predicted octanol–water partition coefficient (Wildman–Crippen LogP) is 1.78. The molecular formula is C17H23N7OS. The number of nitrogen functional groups attached to an aromatic ring is 2. The fourth-order valence-corrected chi connectivity index (χ4v) is 2.53. The Labute approximate surface area is 157 Å². The summed E-state index contributed by atoms with van der Waals surface area (Å²) in [6, 6.07) is 7.13. The molecule has 0 saturated carbocycles. The van der Waals surface area contributed by atoms with Crippen LogP contribution in [-0.2, 0) is 4.74 Å². The molecule has 1 fully saturated rings. The summed E-state index contributed by atoms with van der Waals surface area (Å²) in [6.07, 6.45) is 4.08. The topological polar surface area (TPSA) is 127 Å². The molecule has 138 valence electrons. The van der Waals surface area contributed by atoms with E-state index >= 15 is 0 Å². The summed E-state index contributed by atoms with van der Waals surface area (Å²) in [7, 11) is 0. The van der Waals surface area contributed by atoms with Gasteiger partial charge in [0.1, 0.15) is 29.2 Å². The number of hydrogen-bond donors (Lipinski definition) is 2. The van der Waals surface area contributed by atoms with Gasteiger partial charge in [-0.3, -0.25) is 0 Å². The number of pyridine rings is 1. The number of hydrogen-bond acceptors (Lipinski definition) is 9. The van der Waals surface area contributed by atoms with E-state index in [0.29, 0.717) is 30.4 Å². The lowest BCUT2D eigenvalue weighted by Crippen LogP contribution is -2.44. The van der Waals surface area contributed by atoms with Crippen molar-refractivity contribution in [3.63, 3.8) is 0 Å². The molecule has 0 radical (unpaired) electrons. The van der Waals surface area contributed by atoms with Crippen LogP contribution < -0.4 is 16.4 Å². The molecule has 2 aromatic heterocycles. The van der Waals surface area contributed by atoms with Gasteiger partial charge in [0, 0.05) is 18.2 Å². The van der Waals surface area contributed by atoms with Gasteiger partial charge in [0.05, 0.1) is 19.3 Å². The van der Waals surface area contributed by atoms with Gasteiger partial charge >= 0.3 is 0 Å². The maximum atomic E-state index is 9.03. The number of rotatable bonds is 2. The summed E-state index contributed by atoms with van der Waals surface area (Å²) in [6.45, 7) is 4.08. The van der Waals surface area contributed by atoms with E-state index < -0.39 is 0 Å². The Morgan fingerprint density at radius 2 is 1.88 bits per heavy atom. The molecule has 0 bridgehead atoms. The van der Waals surface area contributed by atoms with Gasteiger partial charge in [-0.05, 0) is 31.6 Å². The third-order valence-electron chi connectivity index (χ3n) is 3.61. The number of morpholine rings is 1. The van der Waals surface area contributed by atoms with Crippen molar-refractivity contribution in [3.05, 3.63) is 23.9 Å². The van der Waals surface area contributed by atoms with Crippen LogP contribution in [0.5, 0.6) is 0 Å². The van der Waals surface area contributed by atoms with Crippen LogP contribution in [0.2, 0.25) is 0 Å². The zero-order chi connectivity index (χ0) is 19.1. The molecule has 8 nitrogen and oxygen atoms in total. The van der Waals surface area contributed by atoms with Crippen molar-refractivity contribution in [2.75, 3.05) is 48.6 Å². The molecule has 2 aromatic rings. The second kappa shape index (κ2) is 9.22. The van der Waals surface area contributed by atoms with Gasteiger partial charge in [0.25, 0.3) is 0 Å². The van der Waals surface area contributed by atoms with E-state index in [0.717, 1.165) is 12.4 Å². The van der Waals surface area contributed by atoms with Crippen molar-refractivity contribution >= 4 is 29.2 Å². The van der Waals surface area contributed by atoms with Crippen LogP contribution in [0.25, 0.3) is 11.4 Å². The van der Waals surface area contributed by atoms with Crippen LogP contribution >= 0.6 is 11.8 Å². The van der Waals surface area contributed by atoms with Gasteiger partial charge in [0.15, 0.2) is 5.82 Å².